The van der Waals surface area contributed by atoms with Gasteiger partial charge in [0.25, 0.3) is 0 Å². The fourth-order valence-electron chi connectivity index (χ4n) is 2.22. The van der Waals surface area contributed by atoms with E-state index in [9.17, 15) is 9.65 Å². The number of nitrogen functional groups attached to an aromatic ring is 1. The smallest absolute Gasteiger partial charge is 0.145 e. The van der Waals surface area contributed by atoms with E-state index in [0.29, 0.717) is 27.0 Å². The fourth-order valence-corrected chi connectivity index (χ4v) is 2.71. The summed E-state index contributed by atoms with van der Waals surface area (Å²) in [5, 5.41) is 14.5. The Bertz CT molecular complexity index is 944. The second-order valence-electron chi connectivity index (χ2n) is 4.74. The zero-order chi connectivity index (χ0) is 16.6. The molecule has 0 radical (unpaired) electrons. The highest BCUT2D eigenvalue weighted by Crippen LogP contribution is 2.34. The van der Waals surface area contributed by atoms with Crippen molar-refractivity contribution >= 4 is 29.0 Å². The van der Waals surface area contributed by atoms with Crippen LogP contribution in [0.1, 0.15) is 5.56 Å². The Morgan fingerprint density at radius 1 is 1.17 bits per heavy atom. The SMILES string of the molecule is N#Cc1c(-c2ccc(Cl)cc2Cl)nn(-c2cccc(F)c2)c1N. The normalized spacial score (nSPS) is 10.5. The Kier molecular flexibility index (Phi) is 3.95. The van der Waals surface area contributed by atoms with Gasteiger partial charge in [-0.05, 0) is 36.4 Å². The van der Waals surface area contributed by atoms with Crippen LogP contribution < -0.4 is 5.73 Å². The number of benzene rings is 2. The quantitative estimate of drug-likeness (QED) is 0.745. The van der Waals surface area contributed by atoms with Crippen LogP contribution in [-0.2, 0) is 0 Å². The van der Waals surface area contributed by atoms with Crippen molar-refractivity contribution < 1.29 is 4.39 Å². The van der Waals surface area contributed by atoms with Gasteiger partial charge >= 0.3 is 0 Å². The van der Waals surface area contributed by atoms with E-state index in [2.05, 4.69) is 5.10 Å². The van der Waals surface area contributed by atoms with Crippen molar-refractivity contribution in [1.29, 1.82) is 5.26 Å². The molecular weight excluding hydrogens is 338 g/mol. The lowest BCUT2D eigenvalue weighted by molar-refractivity contribution is 0.625. The van der Waals surface area contributed by atoms with Gasteiger partial charge in [0.15, 0.2) is 0 Å². The highest BCUT2D eigenvalue weighted by molar-refractivity contribution is 6.36. The molecule has 0 saturated heterocycles. The molecule has 3 aromatic rings. The van der Waals surface area contributed by atoms with Crippen molar-refractivity contribution in [2.45, 2.75) is 0 Å². The third kappa shape index (κ3) is 2.74. The van der Waals surface area contributed by atoms with E-state index in [1.54, 1.807) is 24.3 Å². The van der Waals surface area contributed by atoms with Crippen LogP contribution >= 0.6 is 23.2 Å². The van der Waals surface area contributed by atoms with Gasteiger partial charge in [0.2, 0.25) is 0 Å². The summed E-state index contributed by atoms with van der Waals surface area (Å²) in [5.41, 5.74) is 7.42. The van der Waals surface area contributed by atoms with Gasteiger partial charge in [-0.3, -0.25) is 0 Å². The molecule has 3 rings (SSSR count). The van der Waals surface area contributed by atoms with Crippen molar-refractivity contribution in [1.82, 2.24) is 9.78 Å². The molecule has 0 saturated carbocycles. The number of halogens is 3. The molecular formula is C16H9Cl2FN4. The lowest BCUT2D eigenvalue weighted by atomic mass is 10.1. The minimum atomic E-state index is -0.429. The molecule has 2 aromatic carbocycles. The largest absolute Gasteiger partial charge is 0.382 e. The maximum absolute atomic E-state index is 13.4. The van der Waals surface area contributed by atoms with Crippen LogP contribution in [-0.4, -0.2) is 9.78 Å². The molecule has 0 fully saturated rings. The van der Waals surface area contributed by atoms with Gasteiger partial charge in [-0.1, -0.05) is 29.3 Å². The summed E-state index contributed by atoms with van der Waals surface area (Å²) in [6.07, 6.45) is 0. The van der Waals surface area contributed by atoms with Gasteiger partial charge in [0.1, 0.15) is 29.0 Å². The van der Waals surface area contributed by atoms with Crippen LogP contribution in [0.25, 0.3) is 16.9 Å². The summed E-state index contributed by atoms with van der Waals surface area (Å²) in [6.45, 7) is 0. The monoisotopic (exact) mass is 346 g/mol. The number of nitrogens with zero attached hydrogens (tertiary/aromatic N) is 3. The van der Waals surface area contributed by atoms with Crippen molar-refractivity contribution in [3.8, 4) is 23.0 Å². The number of anilines is 1. The molecule has 0 unspecified atom stereocenters. The molecule has 0 aliphatic carbocycles. The fraction of sp³-hybridized carbons (Fsp3) is 0. The number of nitrogens with two attached hydrogens (primary N) is 1. The van der Waals surface area contributed by atoms with Gasteiger partial charge < -0.3 is 5.73 Å². The predicted octanol–water partition coefficient (Wildman–Crippen LogP) is 4.44. The summed E-state index contributed by atoms with van der Waals surface area (Å²) in [6, 6.07) is 12.6. The Hall–Kier alpha value is -2.55. The summed E-state index contributed by atoms with van der Waals surface area (Å²) < 4.78 is 14.7. The van der Waals surface area contributed by atoms with Gasteiger partial charge in [-0.2, -0.15) is 10.4 Å². The summed E-state index contributed by atoms with van der Waals surface area (Å²) >= 11 is 12.1. The molecule has 2 N–H and O–H groups in total. The number of rotatable bonds is 2. The van der Waals surface area contributed by atoms with Crippen molar-refractivity contribution in [2.75, 3.05) is 5.73 Å². The van der Waals surface area contributed by atoms with Crippen molar-refractivity contribution in [3.05, 3.63) is 63.9 Å². The second-order valence-corrected chi connectivity index (χ2v) is 5.58. The van der Waals surface area contributed by atoms with E-state index in [-0.39, 0.29) is 11.4 Å². The standard InChI is InChI=1S/C16H9Cl2FN4/c17-9-4-5-12(14(18)6-9)15-13(8-20)16(21)23(22-15)11-3-1-2-10(19)7-11/h1-7H,21H2. The topological polar surface area (TPSA) is 67.6 Å². The average Bonchev–Trinajstić information content (AvgIpc) is 2.84. The maximum Gasteiger partial charge on any atom is 0.145 e. The van der Waals surface area contributed by atoms with E-state index in [4.69, 9.17) is 28.9 Å². The third-order valence-electron chi connectivity index (χ3n) is 3.27. The van der Waals surface area contributed by atoms with Gasteiger partial charge in [0.05, 0.1) is 10.7 Å². The van der Waals surface area contributed by atoms with Gasteiger partial charge in [-0.25, -0.2) is 9.07 Å². The zero-order valence-electron chi connectivity index (χ0n) is 11.6. The summed E-state index contributed by atoms with van der Waals surface area (Å²) in [5.74, 6) is -0.318. The number of nitriles is 1. The highest BCUT2D eigenvalue weighted by Gasteiger charge is 2.20. The third-order valence-corrected chi connectivity index (χ3v) is 3.82. The van der Waals surface area contributed by atoms with Gasteiger partial charge in [-0.15, -0.1) is 0 Å². The minimum Gasteiger partial charge on any atom is -0.382 e. The van der Waals surface area contributed by atoms with Crippen LogP contribution in [0.2, 0.25) is 10.0 Å². The molecule has 0 aliphatic rings. The molecule has 0 amide bonds. The van der Waals surface area contributed by atoms with E-state index < -0.39 is 5.82 Å². The molecule has 0 aliphatic heterocycles. The maximum atomic E-state index is 13.4. The molecule has 4 nitrogen and oxygen atoms in total. The lowest BCUT2D eigenvalue weighted by Crippen LogP contribution is -2.02. The van der Waals surface area contributed by atoms with E-state index in [1.165, 1.54) is 22.9 Å². The van der Waals surface area contributed by atoms with Crippen LogP contribution in [0.4, 0.5) is 10.2 Å². The molecule has 0 atom stereocenters. The number of aromatic nitrogens is 2. The Morgan fingerprint density at radius 2 is 1.96 bits per heavy atom. The Labute approximate surface area is 141 Å². The Balaban J connectivity index is 2.24. The van der Waals surface area contributed by atoms with Crippen LogP contribution in [0.3, 0.4) is 0 Å². The number of hydrogen-bond acceptors (Lipinski definition) is 3. The van der Waals surface area contributed by atoms with Crippen molar-refractivity contribution in [3.63, 3.8) is 0 Å². The first-order valence-corrected chi connectivity index (χ1v) is 7.27. The van der Waals surface area contributed by atoms with E-state index >= 15 is 0 Å². The molecule has 23 heavy (non-hydrogen) atoms. The second kappa shape index (κ2) is 5.92. The zero-order valence-corrected chi connectivity index (χ0v) is 13.1. The summed E-state index contributed by atoms with van der Waals surface area (Å²) in [7, 11) is 0. The van der Waals surface area contributed by atoms with E-state index in [0.717, 1.165) is 0 Å². The first kappa shape index (κ1) is 15.3. The molecule has 1 aromatic heterocycles. The van der Waals surface area contributed by atoms with Crippen molar-refractivity contribution in [2.24, 2.45) is 0 Å². The highest BCUT2D eigenvalue weighted by atomic mass is 35.5. The molecule has 0 spiro atoms. The van der Waals surface area contributed by atoms with Crippen LogP contribution in [0.5, 0.6) is 0 Å². The summed E-state index contributed by atoms with van der Waals surface area (Å²) in [4.78, 5) is 0. The number of hydrogen-bond donors (Lipinski definition) is 1. The molecule has 0 bridgehead atoms. The first-order chi connectivity index (χ1) is 11.0. The molecule has 114 valence electrons. The lowest BCUT2D eigenvalue weighted by Gasteiger charge is -2.03. The van der Waals surface area contributed by atoms with Gasteiger partial charge in [0, 0.05) is 10.6 Å². The van der Waals surface area contributed by atoms with Crippen LogP contribution in [0, 0.1) is 17.1 Å². The average molecular weight is 347 g/mol. The predicted molar refractivity (Wildman–Crippen MR) is 88.1 cm³/mol. The van der Waals surface area contributed by atoms with Crippen LogP contribution in [0.15, 0.2) is 42.5 Å². The molecule has 7 heteroatoms. The molecule has 1 heterocycles. The van der Waals surface area contributed by atoms with E-state index in [1.807, 2.05) is 6.07 Å². The minimum absolute atomic E-state index is 0.110. The first-order valence-electron chi connectivity index (χ1n) is 6.51. The Morgan fingerprint density at radius 3 is 2.61 bits per heavy atom.